The fraction of sp³-hybridized carbons (Fsp3) is 0.435. The van der Waals surface area contributed by atoms with E-state index in [1.54, 1.807) is 12.1 Å². The largest absolute Gasteiger partial charge is 0.417 e. The summed E-state index contributed by atoms with van der Waals surface area (Å²) >= 11 is 0. The molecule has 3 aromatic rings. The summed E-state index contributed by atoms with van der Waals surface area (Å²) in [6.07, 6.45) is 0.599. The molecule has 1 heterocycles. The molecule has 0 saturated carbocycles. The van der Waals surface area contributed by atoms with Crippen LogP contribution in [0.5, 0.6) is 0 Å². The predicted molar refractivity (Wildman–Crippen MR) is 128 cm³/mol. The van der Waals surface area contributed by atoms with Crippen molar-refractivity contribution in [1.82, 2.24) is 20.2 Å². The average molecular weight is 473 g/mol. The summed E-state index contributed by atoms with van der Waals surface area (Å²) in [5, 5.41) is 11.3. The smallest absolute Gasteiger partial charge is 0.272 e. The van der Waals surface area contributed by atoms with E-state index in [9.17, 15) is 8.42 Å². The summed E-state index contributed by atoms with van der Waals surface area (Å²) in [6.45, 7) is 11.3. The molecule has 7 nitrogen and oxygen atoms in total. The van der Waals surface area contributed by atoms with Crippen molar-refractivity contribution in [1.29, 1.82) is 0 Å². The summed E-state index contributed by atoms with van der Waals surface area (Å²) in [4.78, 5) is 0. The Kier molecular flexibility index (Phi) is 7.31. The van der Waals surface area contributed by atoms with Gasteiger partial charge in [-0.2, -0.15) is 4.68 Å². The second-order valence-corrected chi connectivity index (χ2v) is 16.4. The average Bonchev–Trinajstić information content (AvgIpc) is 3.24. The van der Waals surface area contributed by atoms with Gasteiger partial charge in [0.15, 0.2) is 8.32 Å². The summed E-state index contributed by atoms with van der Waals surface area (Å²) in [5.41, 5.74) is 1.68. The molecule has 3 rings (SSSR count). The molecule has 0 bridgehead atoms. The van der Waals surface area contributed by atoms with Crippen molar-refractivity contribution in [2.24, 2.45) is 5.92 Å². The zero-order chi connectivity index (χ0) is 23.4. The fourth-order valence-corrected chi connectivity index (χ4v) is 5.78. The maximum atomic E-state index is 13.4. The van der Waals surface area contributed by atoms with Crippen LogP contribution in [0.15, 0.2) is 65.8 Å². The summed E-state index contributed by atoms with van der Waals surface area (Å²) in [7, 11) is -5.79. The zero-order valence-electron chi connectivity index (χ0n) is 19.4. The predicted octanol–water partition coefficient (Wildman–Crippen LogP) is 4.32. The molecule has 0 radical (unpaired) electrons. The first-order valence-corrected chi connectivity index (χ1v) is 15.3. The molecule has 32 heavy (non-hydrogen) atoms. The van der Waals surface area contributed by atoms with Crippen molar-refractivity contribution in [3.63, 3.8) is 0 Å². The van der Waals surface area contributed by atoms with Gasteiger partial charge in [-0.25, -0.2) is 8.42 Å². The molecular formula is C23H32N4O3SSi. The molecule has 1 atom stereocenters. The molecule has 0 fully saturated rings. The number of tetrazole rings is 1. The monoisotopic (exact) mass is 472 g/mol. The van der Waals surface area contributed by atoms with Crippen molar-refractivity contribution in [3.05, 3.63) is 66.2 Å². The van der Waals surface area contributed by atoms with E-state index < -0.39 is 18.2 Å². The van der Waals surface area contributed by atoms with Gasteiger partial charge in [0.2, 0.25) is 9.84 Å². The minimum Gasteiger partial charge on any atom is -0.417 e. The van der Waals surface area contributed by atoms with E-state index in [1.165, 1.54) is 4.68 Å². The second kappa shape index (κ2) is 9.64. The lowest BCUT2D eigenvalue weighted by Crippen LogP contribution is -2.42. The third-order valence-electron chi connectivity index (χ3n) is 6.03. The number of aromatic nitrogens is 4. The molecule has 0 saturated heterocycles. The van der Waals surface area contributed by atoms with E-state index >= 15 is 0 Å². The van der Waals surface area contributed by atoms with E-state index in [-0.39, 0.29) is 21.9 Å². The quantitative estimate of drug-likeness (QED) is 0.431. The Hall–Kier alpha value is -2.36. The summed E-state index contributed by atoms with van der Waals surface area (Å²) < 4.78 is 34.5. The van der Waals surface area contributed by atoms with E-state index in [0.29, 0.717) is 18.7 Å². The van der Waals surface area contributed by atoms with E-state index in [1.807, 2.05) is 48.5 Å². The fourth-order valence-electron chi connectivity index (χ4n) is 3.15. The van der Waals surface area contributed by atoms with Crippen LogP contribution in [0.25, 0.3) is 5.69 Å². The van der Waals surface area contributed by atoms with Gasteiger partial charge in [-0.1, -0.05) is 74.4 Å². The number of rotatable bonds is 9. The molecule has 0 aliphatic carbocycles. The van der Waals surface area contributed by atoms with Crippen LogP contribution in [0.3, 0.4) is 0 Å². The Bertz CT molecular complexity index is 1110. The Balaban J connectivity index is 1.86. The van der Waals surface area contributed by atoms with Crippen LogP contribution in [-0.4, -0.2) is 49.3 Å². The maximum absolute atomic E-state index is 13.4. The lowest BCUT2D eigenvalue weighted by atomic mass is 10.0. The molecule has 1 aromatic heterocycles. The van der Waals surface area contributed by atoms with Gasteiger partial charge < -0.3 is 4.43 Å². The van der Waals surface area contributed by atoms with E-state index in [4.69, 9.17) is 4.43 Å². The number of benzene rings is 2. The molecule has 0 spiro atoms. The Morgan fingerprint density at radius 3 is 2.19 bits per heavy atom. The highest BCUT2D eigenvalue weighted by Gasteiger charge is 2.38. The first kappa shape index (κ1) is 24.3. The highest BCUT2D eigenvalue weighted by molar-refractivity contribution is 7.91. The summed E-state index contributed by atoms with van der Waals surface area (Å²) in [5.74, 6) is -0.318. The topological polar surface area (TPSA) is 87.0 Å². The van der Waals surface area contributed by atoms with Gasteiger partial charge in [-0.15, -0.1) is 0 Å². The normalized spacial score (nSPS) is 13.8. The standard InChI is InChI=1S/C23H32N4O3SSi/c1-23(2,3)32(4,5)30-17-20(16-19-12-8-6-9-13-19)18-31(28,29)22-24-25-26-27(22)21-14-10-7-11-15-21/h6-15,20H,16-18H2,1-5H3/t20-/m1/s1. The van der Waals surface area contributed by atoms with Crippen molar-refractivity contribution < 1.29 is 12.8 Å². The van der Waals surface area contributed by atoms with Crippen LogP contribution >= 0.6 is 0 Å². The molecule has 0 aliphatic rings. The first-order chi connectivity index (χ1) is 15.0. The van der Waals surface area contributed by atoms with Gasteiger partial charge in [0.25, 0.3) is 5.16 Å². The molecule has 172 valence electrons. The van der Waals surface area contributed by atoms with Crippen LogP contribution in [-0.2, 0) is 20.7 Å². The number of hydrogen-bond acceptors (Lipinski definition) is 6. The molecule has 0 aliphatic heterocycles. The van der Waals surface area contributed by atoms with Gasteiger partial charge >= 0.3 is 0 Å². The maximum Gasteiger partial charge on any atom is 0.272 e. The van der Waals surface area contributed by atoms with Gasteiger partial charge in [0, 0.05) is 6.61 Å². The minimum atomic E-state index is -3.76. The van der Waals surface area contributed by atoms with Crippen LogP contribution in [0, 0.1) is 5.92 Å². The Morgan fingerprint density at radius 2 is 1.59 bits per heavy atom. The molecule has 2 aromatic carbocycles. The van der Waals surface area contributed by atoms with Gasteiger partial charge in [0.1, 0.15) is 0 Å². The van der Waals surface area contributed by atoms with Gasteiger partial charge in [-0.05, 0) is 58.6 Å². The number of sulfone groups is 1. The van der Waals surface area contributed by atoms with Gasteiger partial charge in [-0.3, -0.25) is 0 Å². The minimum absolute atomic E-state index is 0.0422. The second-order valence-electron chi connectivity index (χ2n) is 9.62. The lowest BCUT2D eigenvalue weighted by molar-refractivity contribution is 0.238. The van der Waals surface area contributed by atoms with E-state index in [0.717, 1.165) is 5.56 Å². The SMILES string of the molecule is CC(C)(C)[Si](C)(C)OC[C@@H](Cc1ccccc1)CS(=O)(=O)c1nnnn1-c1ccccc1. The van der Waals surface area contributed by atoms with Crippen molar-refractivity contribution in [2.45, 2.75) is 50.5 Å². The number of hydrogen-bond donors (Lipinski definition) is 0. The van der Waals surface area contributed by atoms with Gasteiger partial charge in [0.05, 0.1) is 11.4 Å². The zero-order valence-corrected chi connectivity index (χ0v) is 21.2. The highest BCUT2D eigenvalue weighted by Crippen LogP contribution is 2.37. The number of para-hydroxylation sites is 1. The highest BCUT2D eigenvalue weighted by atomic mass is 32.2. The third kappa shape index (κ3) is 5.90. The molecular weight excluding hydrogens is 440 g/mol. The van der Waals surface area contributed by atoms with Crippen molar-refractivity contribution >= 4 is 18.2 Å². The summed E-state index contributed by atoms with van der Waals surface area (Å²) in [6, 6.07) is 19.0. The van der Waals surface area contributed by atoms with Crippen LogP contribution in [0.2, 0.25) is 18.1 Å². The van der Waals surface area contributed by atoms with E-state index in [2.05, 4.69) is 49.4 Å². The first-order valence-electron chi connectivity index (χ1n) is 10.7. The van der Waals surface area contributed by atoms with Crippen molar-refractivity contribution in [2.75, 3.05) is 12.4 Å². The number of nitrogens with zero attached hydrogens (tertiary/aromatic N) is 4. The molecule has 0 N–H and O–H groups in total. The lowest BCUT2D eigenvalue weighted by Gasteiger charge is -2.37. The Labute approximate surface area is 191 Å². The Morgan fingerprint density at radius 1 is 1.00 bits per heavy atom. The molecule has 9 heteroatoms. The third-order valence-corrected chi connectivity index (χ3v) is 12.3. The van der Waals surface area contributed by atoms with Crippen molar-refractivity contribution in [3.8, 4) is 5.69 Å². The molecule has 0 unspecified atom stereocenters. The van der Waals surface area contributed by atoms with Crippen LogP contribution in [0.1, 0.15) is 26.3 Å². The van der Waals surface area contributed by atoms with Crippen LogP contribution in [0.4, 0.5) is 0 Å². The molecule has 0 amide bonds. The van der Waals surface area contributed by atoms with Crippen LogP contribution < -0.4 is 0 Å².